The number of alkyl halides is 3. The first-order valence-electron chi connectivity index (χ1n) is 4.94. The van der Waals surface area contributed by atoms with Gasteiger partial charge in [-0.25, -0.2) is 0 Å². The molecule has 1 heterocycles. The number of hydroxylamine groups is 2. The minimum Gasteiger partial charge on any atom is -0.270 e. The third-order valence-corrected chi connectivity index (χ3v) is 2.84. The largest absolute Gasteiger partial charge is 0.446 e. The van der Waals surface area contributed by atoms with E-state index in [0.29, 0.717) is 13.2 Å². The monoisotopic (exact) mass is 261 g/mol. The molecule has 0 radical (unpaired) electrons. The van der Waals surface area contributed by atoms with Crippen LogP contribution in [-0.4, -0.2) is 17.2 Å². The van der Waals surface area contributed by atoms with Crippen molar-refractivity contribution in [2.45, 2.75) is 16.9 Å². The normalized spacial score (nSPS) is 15.6. The van der Waals surface area contributed by atoms with Crippen molar-refractivity contribution in [2.24, 2.45) is 0 Å². The van der Waals surface area contributed by atoms with Gasteiger partial charge in [-0.3, -0.25) is 9.90 Å². The second kappa shape index (κ2) is 5.01. The molecule has 0 bridgehead atoms. The fourth-order valence-corrected chi connectivity index (χ4v) is 1.96. The van der Waals surface area contributed by atoms with Gasteiger partial charge < -0.3 is 0 Å². The van der Waals surface area contributed by atoms with E-state index in [1.54, 1.807) is 23.4 Å². The number of thioether (sulfide) groups is 1. The molecule has 1 aliphatic rings. The van der Waals surface area contributed by atoms with Gasteiger partial charge in [0.1, 0.15) is 0 Å². The van der Waals surface area contributed by atoms with Gasteiger partial charge in [-0.2, -0.15) is 13.2 Å². The van der Waals surface area contributed by atoms with Crippen LogP contribution in [-0.2, 0) is 11.4 Å². The van der Waals surface area contributed by atoms with Crippen molar-refractivity contribution in [3.05, 3.63) is 42.1 Å². The van der Waals surface area contributed by atoms with E-state index < -0.39 is 5.51 Å². The highest BCUT2D eigenvalue weighted by molar-refractivity contribution is 8.00. The Morgan fingerprint density at radius 1 is 1.24 bits per heavy atom. The smallest absolute Gasteiger partial charge is 0.270 e. The SMILES string of the molecule is FC(F)(F)Sc1ccc(CN2C=CCO2)cc1. The third kappa shape index (κ3) is 3.98. The predicted octanol–water partition coefficient (Wildman–Crippen LogP) is 3.56. The van der Waals surface area contributed by atoms with E-state index in [4.69, 9.17) is 4.84 Å². The summed E-state index contributed by atoms with van der Waals surface area (Å²) in [5.41, 5.74) is -3.33. The zero-order valence-corrected chi connectivity index (χ0v) is 9.59. The Morgan fingerprint density at radius 3 is 2.47 bits per heavy atom. The van der Waals surface area contributed by atoms with Gasteiger partial charge in [-0.05, 0) is 35.5 Å². The fraction of sp³-hybridized carbons (Fsp3) is 0.273. The van der Waals surface area contributed by atoms with Crippen molar-refractivity contribution in [2.75, 3.05) is 6.61 Å². The van der Waals surface area contributed by atoms with Crippen LogP contribution in [0.25, 0.3) is 0 Å². The molecule has 2 rings (SSSR count). The first kappa shape index (κ1) is 12.3. The maximum Gasteiger partial charge on any atom is 0.446 e. The van der Waals surface area contributed by atoms with Crippen LogP contribution in [0.2, 0.25) is 0 Å². The Hall–Kier alpha value is -1.14. The lowest BCUT2D eigenvalue weighted by Crippen LogP contribution is -2.12. The zero-order chi connectivity index (χ0) is 12.3. The second-order valence-electron chi connectivity index (χ2n) is 3.45. The molecule has 0 spiro atoms. The lowest BCUT2D eigenvalue weighted by molar-refractivity contribution is -0.0968. The molecule has 1 aromatic carbocycles. The lowest BCUT2D eigenvalue weighted by atomic mass is 10.2. The minimum absolute atomic E-state index is 0.107. The van der Waals surface area contributed by atoms with Crippen molar-refractivity contribution in [1.29, 1.82) is 0 Å². The third-order valence-electron chi connectivity index (χ3n) is 2.10. The van der Waals surface area contributed by atoms with Crippen molar-refractivity contribution >= 4 is 11.8 Å². The molecule has 17 heavy (non-hydrogen) atoms. The second-order valence-corrected chi connectivity index (χ2v) is 4.59. The topological polar surface area (TPSA) is 12.5 Å². The van der Waals surface area contributed by atoms with Gasteiger partial charge in [0.05, 0.1) is 13.2 Å². The number of halogens is 3. The Morgan fingerprint density at radius 2 is 1.94 bits per heavy atom. The van der Waals surface area contributed by atoms with Crippen molar-refractivity contribution in [3.63, 3.8) is 0 Å². The number of hydrogen-bond donors (Lipinski definition) is 0. The molecule has 0 amide bonds. The Bertz CT molecular complexity index is 402. The van der Waals surface area contributed by atoms with Gasteiger partial charge >= 0.3 is 5.51 Å². The number of benzene rings is 1. The molecule has 0 fully saturated rings. The summed E-state index contributed by atoms with van der Waals surface area (Å²) in [5, 5.41) is 1.64. The van der Waals surface area contributed by atoms with E-state index >= 15 is 0 Å². The van der Waals surface area contributed by atoms with Gasteiger partial charge in [0.25, 0.3) is 0 Å². The first-order valence-corrected chi connectivity index (χ1v) is 5.75. The van der Waals surface area contributed by atoms with Gasteiger partial charge in [0, 0.05) is 11.1 Å². The average Bonchev–Trinajstić information content (AvgIpc) is 2.71. The molecule has 1 aliphatic heterocycles. The van der Waals surface area contributed by atoms with Gasteiger partial charge in [0.15, 0.2) is 0 Å². The summed E-state index contributed by atoms with van der Waals surface area (Å²) >= 11 is -0.107. The summed E-state index contributed by atoms with van der Waals surface area (Å²) in [6.45, 7) is 1.08. The summed E-state index contributed by atoms with van der Waals surface area (Å²) in [7, 11) is 0. The predicted molar refractivity (Wildman–Crippen MR) is 59.0 cm³/mol. The van der Waals surface area contributed by atoms with E-state index in [-0.39, 0.29) is 16.7 Å². The molecule has 0 saturated heterocycles. The minimum atomic E-state index is -4.23. The number of rotatable bonds is 3. The lowest BCUT2D eigenvalue weighted by Gasteiger charge is -2.14. The van der Waals surface area contributed by atoms with Crippen LogP contribution in [0.3, 0.4) is 0 Å². The zero-order valence-electron chi connectivity index (χ0n) is 8.78. The maximum absolute atomic E-state index is 12.1. The first-order chi connectivity index (χ1) is 8.03. The van der Waals surface area contributed by atoms with E-state index in [9.17, 15) is 13.2 Å². The molecule has 6 heteroatoms. The molecule has 0 aliphatic carbocycles. The summed E-state index contributed by atoms with van der Waals surface area (Å²) in [4.78, 5) is 5.40. The Kier molecular flexibility index (Phi) is 3.63. The molecule has 0 atom stereocenters. The summed E-state index contributed by atoms with van der Waals surface area (Å²) in [6.07, 6.45) is 3.67. The highest BCUT2D eigenvalue weighted by Crippen LogP contribution is 2.36. The van der Waals surface area contributed by atoms with Crippen LogP contribution in [0.15, 0.2) is 41.4 Å². The van der Waals surface area contributed by atoms with E-state index in [1.807, 2.05) is 6.08 Å². The highest BCUT2D eigenvalue weighted by atomic mass is 32.2. The molecule has 0 unspecified atom stereocenters. The summed E-state index contributed by atoms with van der Waals surface area (Å²) in [5.74, 6) is 0. The molecular formula is C11H10F3NOS. The molecule has 0 saturated carbocycles. The highest BCUT2D eigenvalue weighted by Gasteiger charge is 2.28. The Labute approximate surface area is 101 Å². The van der Waals surface area contributed by atoms with Gasteiger partial charge in [-0.15, -0.1) is 0 Å². The van der Waals surface area contributed by atoms with Crippen LogP contribution in [0.1, 0.15) is 5.56 Å². The standard InChI is InChI=1S/C11H10F3NOS/c12-11(13,14)17-10-4-2-9(3-5-10)8-15-6-1-7-16-15/h1-6H,7-8H2. The average molecular weight is 261 g/mol. The summed E-state index contributed by atoms with van der Waals surface area (Å²) in [6, 6.07) is 6.27. The fourth-order valence-electron chi connectivity index (χ4n) is 1.42. The Balaban J connectivity index is 1.95. The van der Waals surface area contributed by atoms with E-state index in [1.165, 1.54) is 12.1 Å². The van der Waals surface area contributed by atoms with Crippen molar-refractivity contribution < 1.29 is 18.0 Å². The maximum atomic E-state index is 12.1. The molecule has 0 N–H and O–H groups in total. The van der Waals surface area contributed by atoms with E-state index in [0.717, 1.165) is 5.56 Å². The molecular weight excluding hydrogens is 251 g/mol. The molecule has 92 valence electrons. The van der Waals surface area contributed by atoms with Crippen molar-refractivity contribution in [3.8, 4) is 0 Å². The number of nitrogens with zero attached hydrogens (tertiary/aromatic N) is 1. The van der Waals surface area contributed by atoms with Gasteiger partial charge in [-0.1, -0.05) is 12.1 Å². The van der Waals surface area contributed by atoms with Crippen LogP contribution < -0.4 is 0 Å². The molecule has 1 aromatic rings. The quantitative estimate of drug-likeness (QED) is 0.772. The van der Waals surface area contributed by atoms with Gasteiger partial charge in [0.2, 0.25) is 0 Å². The molecule has 2 nitrogen and oxygen atoms in total. The number of hydrogen-bond acceptors (Lipinski definition) is 3. The molecule has 0 aromatic heterocycles. The van der Waals surface area contributed by atoms with E-state index in [2.05, 4.69) is 0 Å². The van der Waals surface area contributed by atoms with Crippen LogP contribution in [0.4, 0.5) is 13.2 Å². The van der Waals surface area contributed by atoms with Crippen LogP contribution >= 0.6 is 11.8 Å². The van der Waals surface area contributed by atoms with Crippen LogP contribution in [0.5, 0.6) is 0 Å². The van der Waals surface area contributed by atoms with Crippen LogP contribution in [0, 0.1) is 0 Å². The van der Waals surface area contributed by atoms with Crippen molar-refractivity contribution in [1.82, 2.24) is 5.06 Å². The summed E-state index contributed by atoms with van der Waals surface area (Å²) < 4.78 is 36.3.